The quantitative estimate of drug-likeness (QED) is 0.820. The normalized spacial score (nSPS) is 27.3. The molecule has 1 atom stereocenters. The molecule has 20 heavy (non-hydrogen) atoms. The zero-order valence-electron chi connectivity index (χ0n) is 12.3. The van der Waals surface area contributed by atoms with E-state index in [2.05, 4.69) is 0 Å². The number of rotatable bonds is 3. The third-order valence-electron chi connectivity index (χ3n) is 3.99. The van der Waals surface area contributed by atoms with Crippen LogP contribution in [0.4, 0.5) is 0 Å². The number of carbonyl (C=O) groups excluding carboxylic acids is 1. The molecule has 2 fully saturated rings. The Morgan fingerprint density at radius 1 is 1.25 bits per heavy atom. The first-order valence-electron chi connectivity index (χ1n) is 7.28. The zero-order valence-corrected chi connectivity index (χ0v) is 12.3. The molecule has 0 spiro atoms. The number of carbonyl (C=O) groups is 2. The average molecular weight is 284 g/mol. The lowest BCUT2D eigenvalue weighted by Crippen LogP contribution is -2.59. The maximum absolute atomic E-state index is 12.3. The fraction of sp³-hybridized carbons (Fsp3) is 0.857. The highest BCUT2D eigenvalue weighted by Crippen LogP contribution is 2.21. The lowest BCUT2D eigenvalue weighted by Gasteiger charge is -2.42. The molecule has 0 unspecified atom stereocenters. The van der Waals surface area contributed by atoms with Gasteiger partial charge in [0, 0.05) is 19.6 Å². The molecule has 2 aliphatic heterocycles. The van der Waals surface area contributed by atoms with E-state index in [9.17, 15) is 14.7 Å². The highest BCUT2D eigenvalue weighted by atomic mass is 16.5. The van der Waals surface area contributed by atoms with Gasteiger partial charge in [-0.2, -0.15) is 0 Å². The van der Waals surface area contributed by atoms with Gasteiger partial charge in [-0.1, -0.05) is 0 Å². The summed E-state index contributed by atoms with van der Waals surface area (Å²) in [7, 11) is 0. The molecule has 0 radical (unpaired) electrons. The summed E-state index contributed by atoms with van der Waals surface area (Å²) in [6.07, 6.45) is 3.26. The number of hydrogen-bond acceptors (Lipinski definition) is 4. The molecular formula is C14H24N2O4. The molecule has 2 heterocycles. The number of carboxylic acid groups (broad SMARTS) is 1. The van der Waals surface area contributed by atoms with E-state index < -0.39 is 17.6 Å². The number of carboxylic acids is 1. The summed E-state index contributed by atoms with van der Waals surface area (Å²) >= 11 is 0. The minimum absolute atomic E-state index is 0.0358. The maximum atomic E-state index is 12.3. The van der Waals surface area contributed by atoms with Crippen molar-refractivity contribution >= 4 is 11.9 Å². The van der Waals surface area contributed by atoms with Crippen molar-refractivity contribution in [3.05, 3.63) is 0 Å². The Hall–Kier alpha value is -1.14. The Bertz CT molecular complexity index is 377. The summed E-state index contributed by atoms with van der Waals surface area (Å²) in [6.45, 7) is 6.20. The van der Waals surface area contributed by atoms with E-state index in [0.717, 1.165) is 25.9 Å². The van der Waals surface area contributed by atoms with E-state index in [0.29, 0.717) is 6.54 Å². The number of ether oxygens (including phenoxy) is 1. The molecule has 1 N–H and O–H groups in total. The fourth-order valence-corrected chi connectivity index (χ4v) is 2.87. The van der Waals surface area contributed by atoms with Crippen LogP contribution in [0.2, 0.25) is 0 Å². The van der Waals surface area contributed by atoms with Gasteiger partial charge in [0.2, 0.25) is 5.91 Å². The Morgan fingerprint density at radius 2 is 1.90 bits per heavy atom. The standard InChI is InChI=1S/C14H24N2O4/c1-14(2)10-16(11(9-20-14)13(18)19)8-12(17)15-6-4-3-5-7-15/h11H,3-10H2,1-2H3,(H,18,19)/t11-/m0/s1. The number of likely N-dealkylation sites (tertiary alicyclic amines) is 1. The van der Waals surface area contributed by atoms with E-state index in [-0.39, 0.29) is 19.1 Å². The molecule has 6 heteroatoms. The molecule has 0 bridgehead atoms. The lowest BCUT2D eigenvalue weighted by atomic mass is 10.0. The van der Waals surface area contributed by atoms with Gasteiger partial charge in [-0.15, -0.1) is 0 Å². The summed E-state index contributed by atoms with van der Waals surface area (Å²) in [4.78, 5) is 27.2. The molecule has 2 saturated heterocycles. The number of aliphatic carboxylic acids is 1. The SMILES string of the molecule is CC1(C)CN(CC(=O)N2CCCCC2)[C@H](C(=O)O)CO1. The van der Waals surface area contributed by atoms with E-state index >= 15 is 0 Å². The van der Waals surface area contributed by atoms with Crippen molar-refractivity contribution in [2.45, 2.75) is 44.8 Å². The summed E-state index contributed by atoms with van der Waals surface area (Å²) in [5, 5.41) is 9.26. The van der Waals surface area contributed by atoms with Gasteiger partial charge in [0.15, 0.2) is 0 Å². The first kappa shape index (κ1) is 15.3. The number of amides is 1. The molecule has 6 nitrogen and oxygen atoms in total. The third kappa shape index (κ3) is 3.70. The second-order valence-corrected chi connectivity index (χ2v) is 6.27. The zero-order chi connectivity index (χ0) is 14.8. The van der Waals surface area contributed by atoms with Crippen LogP contribution in [0.15, 0.2) is 0 Å². The van der Waals surface area contributed by atoms with Crippen molar-refractivity contribution in [1.29, 1.82) is 0 Å². The summed E-state index contributed by atoms with van der Waals surface area (Å²) < 4.78 is 5.55. The third-order valence-corrected chi connectivity index (χ3v) is 3.99. The molecule has 0 saturated carbocycles. The van der Waals surface area contributed by atoms with E-state index in [1.165, 1.54) is 6.42 Å². The molecule has 1 amide bonds. The maximum Gasteiger partial charge on any atom is 0.323 e. The van der Waals surface area contributed by atoms with Crippen LogP contribution >= 0.6 is 0 Å². The van der Waals surface area contributed by atoms with Crippen LogP contribution in [-0.2, 0) is 14.3 Å². The van der Waals surface area contributed by atoms with E-state index in [1.54, 1.807) is 4.90 Å². The van der Waals surface area contributed by atoms with Gasteiger partial charge in [-0.3, -0.25) is 14.5 Å². The predicted molar refractivity (Wildman–Crippen MR) is 73.5 cm³/mol. The van der Waals surface area contributed by atoms with Crippen molar-refractivity contribution in [3.8, 4) is 0 Å². The Kier molecular flexibility index (Phi) is 4.65. The number of hydrogen-bond donors (Lipinski definition) is 1. The summed E-state index contributed by atoms with van der Waals surface area (Å²) in [5.74, 6) is -0.888. The Morgan fingerprint density at radius 3 is 2.50 bits per heavy atom. The van der Waals surface area contributed by atoms with Crippen LogP contribution in [-0.4, -0.2) is 71.2 Å². The highest BCUT2D eigenvalue weighted by molar-refractivity contribution is 5.80. The largest absolute Gasteiger partial charge is 0.480 e. The first-order valence-corrected chi connectivity index (χ1v) is 7.28. The lowest BCUT2D eigenvalue weighted by molar-refractivity contribution is -0.164. The molecule has 0 aromatic heterocycles. The second kappa shape index (κ2) is 6.10. The van der Waals surface area contributed by atoms with Gasteiger partial charge in [0.05, 0.1) is 18.8 Å². The minimum atomic E-state index is -0.924. The van der Waals surface area contributed by atoms with Crippen molar-refractivity contribution in [1.82, 2.24) is 9.80 Å². The van der Waals surface area contributed by atoms with E-state index in [4.69, 9.17) is 4.74 Å². The molecule has 114 valence electrons. The number of nitrogens with zero attached hydrogens (tertiary/aromatic N) is 2. The molecule has 0 aromatic carbocycles. The van der Waals surface area contributed by atoms with Crippen LogP contribution in [0.25, 0.3) is 0 Å². The van der Waals surface area contributed by atoms with Crippen molar-refractivity contribution in [2.24, 2.45) is 0 Å². The second-order valence-electron chi connectivity index (χ2n) is 6.27. The topological polar surface area (TPSA) is 70.1 Å². The first-order chi connectivity index (χ1) is 9.39. The van der Waals surface area contributed by atoms with Crippen LogP contribution < -0.4 is 0 Å². The Balaban J connectivity index is 1.99. The van der Waals surface area contributed by atoms with Crippen LogP contribution in [0, 0.1) is 0 Å². The smallest absolute Gasteiger partial charge is 0.323 e. The molecule has 0 aromatic rings. The Labute approximate surface area is 119 Å². The molecule has 2 rings (SSSR count). The van der Waals surface area contributed by atoms with Gasteiger partial charge in [0.1, 0.15) is 6.04 Å². The summed E-state index contributed by atoms with van der Waals surface area (Å²) in [5.41, 5.74) is -0.409. The van der Waals surface area contributed by atoms with E-state index in [1.807, 2.05) is 18.7 Å². The van der Waals surface area contributed by atoms with Gasteiger partial charge in [-0.05, 0) is 33.1 Å². The molecular weight excluding hydrogens is 260 g/mol. The van der Waals surface area contributed by atoms with Gasteiger partial charge in [0.25, 0.3) is 0 Å². The summed E-state index contributed by atoms with van der Waals surface area (Å²) in [6, 6.07) is -0.725. The van der Waals surface area contributed by atoms with Gasteiger partial charge in [-0.25, -0.2) is 0 Å². The van der Waals surface area contributed by atoms with Crippen LogP contribution in [0.5, 0.6) is 0 Å². The highest BCUT2D eigenvalue weighted by Gasteiger charge is 2.38. The fourth-order valence-electron chi connectivity index (χ4n) is 2.87. The van der Waals surface area contributed by atoms with Gasteiger partial charge < -0.3 is 14.7 Å². The molecule has 2 aliphatic rings. The van der Waals surface area contributed by atoms with Crippen molar-refractivity contribution in [3.63, 3.8) is 0 Å². The monoisotopic (exact) mass is 284 g/mol. The number of piperidine rings is 1. The minimum Gasteiger partial charge on any atom is -0.480 e. The molecule has 0 aliphatic carbocycles. The van der Waals surface area contributed by atoms with Crippen LogP contribution in [0.1, 0.15) is 33.1 Å². The van der Waals surface area contributed by atoms with Crippen molar-refractivity contribution < 1.29 is 19.4 Å². The number of morpholine rings is 1. The van der Waals surface area contributed by atoms with Crippen LogP contribution in [0.3, 0.4) is 0 Å². The van der Waals surface area contributed by atoms with Gasteiger partial charge >= 0.3 is 5.97 Å². The van der Waals surface area contributed by atoms with Crippen molar-refractivity contribution in [2.75, 3.05) is 32.8 Å². The predicted octanol–water partition coefficient (Wildman–Crippen LogP) is 0.563. The average Bonchev–Trinajstić information content (AvgIpc) is 2.38.